The van der Waals surface area contributed by atoms with Crippen LogP contribution in [0, 0.1) is 0 Å². The number of rotatable bonds is 3. The largest absolute Gasteiger partial charge is 0.497 e. The third-order valence-corrected chi connectivity index (χ3v) is 4.30. The minimum absolute atomic E-state index is 0.224. The third kappa shape index (κ3) is 3.27. The van der Waals surface area contributed by atoms with Gasteiger partial charge in [0.1, 0.15) is 17.2 Å². The van der Waals surface area contributed by atoms with E-state index in [9.17, 15) is 9.59 Å². The van der Waals surface area contributed by atoms with Crippen molar-refractivity contribution < 1.29 is 19.1 Å². The van der Waals surface area contributed by atoms with Crippen LogP contribution in [0.25, 0.3) is 10.9 Å². The molecule has 2 aromatic carbocycles. The van der Waals surface area contributed by atoms with Gasteiger partial charge in [0.15, 0.2) is 6.10 Å². The molecule has 136 valence electrons. The van der Waals surface area contributed by atoms with Gasteiger partial charge in [-0.15, -0.1) is 0 Å². The Hall–Kier alpha value is -3.61. The topological polar surface area (TPSA) is 89.5 Å². The number of carbonyl (C=O) groups excluding carboxylic acids is 2. The molecular formula is C20H17N3O4. The second-order valence-electron chi connectivity index (χ2n) is 6.17. The fourth-order valence-electron chi connectivity index (χ4n) is 2.84. The van der Waals surface area contributed by atoms with Crippen molar-refractivity contribution in [3.05, 3.63) is 54.2 Å². The van der Waals surface area contributed by atoms with E-state index < -0.39 is 6.10 Å². The zero-order chi connectivity index (χ0) is 19.0. The number of ether oxygens (including phenoxy) is 2. The quantitative estimate of drug-likeness (QED) is 0.746. The van der Waals surface area contributed by atoms with Crippen molar-refractivity contribution in [3.63, 3.8) is 0 Å². The Morgan fingerprint density at radius 3 is 2.85 bits per heavy atom. The SMILES string of the molecule is COc1ccc2nc(C(=O)Nc3ccc4c(c3)NC(=O)C(C)O4)ccc2c1. The molecule has 2 N–H and O–H groups in total. The van der Waals surface area contributed by atoms with Crippen molar-refractivity contribution in [2.75, 3.05) is 17.7 Å². The van der Waals surface area contributed by atoms with Gasteiger partial charge in [0, 0.05) is 11.1 Å². The maximum atomic E-state index is 12.5. The lowest BCUT2D eigenvalue weighted by Crippen LogP contribution is -2.34. The Labute approximate surface area is 155 Å². The van der Waals surface area contributed by atoms with Crippen molar-refractivity contribution in [1.82, 2.24) is 4.98 Å². The molecule has 3 aromatic rings. The van der Waals surface area contributed by atoms with E-state index in [0.717, 1.165) is 11.1 Å². The van der Waals surface area contributed by atoms with Crippen LogP contribution in [0.1, 0.15) is 17.4 Å². The third-order valence-electron chi connectivity index (χ3n) is 4.30. The van der Waals surface area contributed by atoms with E-state index in [1.54, 1.807) is 50.4 Å². The minimum atomic E-state index is -0.543. The Balaban J connectivity index is 1.56. The zero-order valence-corrected chi connectivity index (χ0v) is 14.8. The molecule has 1 atom stereocenters. The highest BCUT2D eigenvalue weighted by Gasteiger charge is 2.23. The number of nitrogens with zero attached hydrogens (tertiary/aromatic N) is 1. The number of fused-ring (bicyclic) bond motifs is 2. The van der Waals surface area contributed by atoms with E-state index in [0.29, 0.717) is 28.3 Å². The molecule has 1 unspecified atom stereocenters. The first-order chi connectivity index (χ1) is 13.0. The number of methoxy groups -OCH3 is 1. The smallest absolute Gasteiger partial charge is 0.274 e. The second kappa shape index (κ2) is 6.60. The molecule has 4 rings (SSSR count). The molecule has 1 aliphatic heterocycles. The number of nitrogens with one attached hydrogen (secondary N) is 2. The molecule has 7 nitrogen and oxygen atoms in total. The van der Waals surface area contributed by atoms with Gasteiger partial charge in [-0.2, -0.15) is 0 Å². The Morgan fingerprint density at radius 2 is 2.04 bits per heavy atom. The summed E-state index contributed by atoms with van der Waals surface area (Å²) in [7, 11) is 1.60. The molecule has 27 heavy (non-hydrogen) atoms. The van der Waals surface area contributed by atoms with Gasteiger partial charge in [0.05, 0.1) is 18.3 Å². The van der Waals surface area contributed by atoms with Crippen LogP contribution in [0.2, 0.25) is 0 Å². The molecule has 2 amide bonds. The number of amides is 2. The van der Waals surface area contributed by atoms with Crippen LogP contribution >= 0.6 is 0 Å². The van der Waals surface area contributed by atoms with Crippen molar-refractivity contribution >= 4 is 34.1 Å². The van der Waals surface area contributed by atoms with E-state index in [1.165, 1.54) is 0 Å². The fourth-order valence-corrected chi connectivity index (χ4v) is 2.84. The fraction of sp³-hybridized carbons (Fsp3) is 0.150. The first-order valence-electron chi connectivity index (χ1n) is 8.41. The van der Waals surface area contributed by atoms with Crippen LogP contribution in [0.5, 0.6) is 11.5 Å². The lowest BCUT2D eigenvalue weighted by molar-refractivity contribution is -0.122. The van der Waals surface area contributed by atoms with Crippen molar-refractivity contribution in [2.45, 2.75) is 13.0 Å². The summed E-state index contributed by atoms with van der Waals surface area (Å²) in [6.07, 6.45) is -0.543. The summed E-state index contributed by atoms with van der Waals surface area (Å²) in [5, 5.41) is 6.43. The first kappa shape index (κ1) is 16.8. The number of anilines is 2. The highest BCUT2D eigenvalue weighted by atomic mass is 16.5. The van der Waals surface area contributed by atoms with Crippen LogP contribution in [0.3, 0.4) is 0 Å². The van der Waals surface area contributed by atoms with Crippen LogP contribution in [-0.2, 0) is 4.79 Å². The van der Waals surface area contributed by atoms with Crippen LogP contribution in [0.15, 0.2) is 48.5 Å². The molecule has 2 heterocycles. The van der Waals surface area contributed by atoms with Gasteiger partial charge in [-0.3, -0.25) is 9.59 Å². The summed E-state index contributed by atoms with van der Waals surface area (Å²) in [5.41, 5.74) is 2.05. The maximum Gasteiger partial charge on any atom is 0.274 e. The molecule has 0 bridgehead atoms. The van der Waals surface area contributed by atoms with Crippen LogP contribution in [-0.4, -0.2) is 30.0 Å². The summed E-state index contributed by atoms with van der Waals surface area (Å²) >= 11 is 0. The summed E-state index contributed by atoms with van der Waals surface area (Å²) in [5.74, 6) is 0.730. The first-order valence-corrected chi connectivity index (χ1v) is 8.41. The van der Waals surface area contributed by atoms with Crippen LogP contribution < -0.4 is 20.1 Å². The standard InChI is InChI=1S/C20H17N3O4/c1-11-19(24)23-17-10-13(4-8-18(17)27-11)21-20(25)16-6-3-12-9-14(26-2)5-7-15(12)22-16/h3-11H,1-2H3,(H,21,25)(H,23,24). The summed E-state index contributed by atoms with van der Waals surface area (Å²) in [6.45, 7) is 1.68. The Bertz CT molecular complexity index is 1060. The van der Waals surface area contributed by atoms with Crippen molar-refractivity contribution in [2.24, 2.45) is 0 Å². The van der Waals surface area contributed by atoms with Gasteiger partial charge in [-0.05, 0) is 49.4 Å². The molecule has 1 aliphatic rings. The molecule has 0 spiro atoms. The van der Waals surface area contributed by atoms with Gasteiger partial charge in [-0.25, -0.2) is 4.98 Å². The molecule has 0 saturated carbocycles. The predicted octanol–water partition coefficient (Wildman–Crippen LogP) is 3.22. The van der Waals surface area contributed by atoms with E-state index in [-0.39, 0.29) is 11.8 Å². The molecule has 0 radical (unpaired) electrons. The van der Waals surface area contributed by atoms with Gasteiger partial charge >= 0.3 is 0 Å². The highest BCUT2D eigenvalue weighted by Crippen LogP contribution is 2.32. The lowest BCUT2D eigenvalue weighted by Gasteiger charge is -2.23. The normalized spacial score (nSPS) is 15.5. The molecular weight excluding hydrogens is 346 g/mol. The Kier molecular flexibility index (Phi) is 4.12. The number of hydrogen-bond acceptors (Lipinski definition) is 5. The zero-order valence-electron chi connectivity index (χ0n) is 14.8. The van der Waals surface area contributed by atoms with Crippen LogP contribution in [0.4, 0.5) is 11.4 Å². The summed E-state index contributed by atoms with van der Waals surface area (Å²) < 4.78 is 10.7. The van der Waals surface area contributed by atoms with E-state index in [2.05, 4.69) is 15.6 Å². The predicted molar refractivity (Wildman–Crippen MR) is 101 cm³/mol. The number of carbonyl (C=O) groups is 2. The number of pyridine rings is 1. The average Bonchev–Trinajstić information content (AvgIpc) is 2.68. The molecule has 1 aromatic heterocycles. The number of benzene rings is 2. The van der Waals surface area contributed by atoms with E-state index in [1.807, 2.05) is 12.1 Å². The van der Waals surface area contributed by atoms with Gasteiger partial charge in [-0.1, -0.05) is 6.07 Å². The van der Waals surface area contributed by atoms with Gasteiger partial charge in [0.2, 0.25) is 0 Å². The van der Waals surface area contributed by atoms with E-state index in [4.69, 9.17) is 9.47 Å². The van der Waals surface area contributed by atoms with Gasteiger partial charge < -0.3 is 20.1 Å². The highest BCUT2D eigenvalue weighted by molar-refractivity contribution is 6.05. The lowest BCUT2D eigenvalue weighted by atomic mass is 10.2. The average molecular weight is 363 g/mol. The second-order valence-corrected chi connectivity index (χ2v) is 6.17. The molecule has 0 aliphatic carbocycles. The number of hydrogen-bond donors (Lipinski definition) is 2. The number of aromatic nitrogens is 1. The summed E-state index contributed by atoms with van der Waals surface area (Å²) in [6, 6.07) is 14.0. The van der Waals surface area contributed by atoms with Crippen molar-refractivity contribution in [1.29, 1.82) is 0 Å². The molecule has 0 fully saturated rings. The maximum absolute atomic E-state index is 12.5. The van der Waals surface area contributed by atoms with E-state index >= 15 is 0 Å². The Morgan fingerprint density at radius 1 is 1.19 bits per heavy atom. The summed E-state index contributed by atoms with van der Waals surface area (Å²) in [4.78, 5) is 28.7. The van der Waals surface area contributed by atoms with Crippen molar-refractivity contribution in [3.8, 4) is 11.5 Å². The molecule has 7 heteroatoms. The van der Waals surface area contributed by atoms with Gasteiger partial charge in [0.25, 0.3) is 11.8 Å². The monoisotopic (exact) mass is 363 g/mol. The molecule has 0 saturated heterocycles. The minimum Gasteiger partial charge on any atom is -0.497 e.